The Morgan fingerprint density at radius 1 is 0.290 bits per heavy atom. The van der Waals surface area contributed by atoms with Crippen LogP contribution in [0.25, 0.3) is 88.4 Å². The molecule has 0 unspecified atom stereocenters. The van der Waals surface area contributed by atoms with Crippen molar-refractivity contribution in [3.63, 3.8) is 0 Å². The lowest BCUT2D eigenvalue weighted by Gasteiger charge is -2.15. The minimum absolute atomic E-state index is 0.396. The lowest BCUT2D eigenvalue weighted by molar-refractivity contribution is 1.17. The Hall–Kier alpha value is -9.70. The third kappa shape index (κ3) is 5.87. The SMILES string of the molecule is N#Cc1cc(C#N)cc(-c2ccc3c4ccccc4n(-c4ccc(C#N)c(-c5cc(-n6c7ccccc7c7ccc(-c8cc(C#N)cc(C#N)c8)cc76)ccc5C#N)c4)c3c2)c1. The Kier molecular flexibility index (Phi) is 8.62. The van der Waals surface area contributed by atoms with E-state index in [1.54, 1.807) is 48.5 Å². The van der Waals surface area contributed by atoms with Crippen molar-refractivity contribution in [1.29, 1.82) is 31.6 Å². The van der Waals surface area contributed by atoms with E-state index in [2.05, 4.69) is 81.9 Å². The second-order valence-corrected chi connectivity index (χ2v) is 14.9. The van der Waals surface area contributed by atoms with E-state index in [0.717, 1.165) is 77.2 Å². The van der Waals surface area contributed by atoms with Crippen LogP contribution in [0, 0.1) is 68.0 Å². The number of nitriles is 6. The second-order valence-electron chi connectivity index (χ2n) is 14.9. The fourth-order valence-electron chi connectivity index (χ4n) is 8.69. The van der Waals surface area contributed by atoms with Gasteiger partial charge in [0.05, 0.1) is 91.9 Å². The van der Waals surface area contributed by atoms with E-state index in [9.17, 15) is 31.6 Å². The van der Waals surface area contributed by atoms with Gasteiger partial charge in [-0.3, -0.25) is 0 Å². The Balaban J connectivity index is 1.19. The molecule has 62 heavy (non-hydrogen) atoms. The third-order valence-electron chi connectivity index (χ3n) is 11.5. The number of para-hydroxylation sites is 2. The van der Waals surface area contributed by atoms with Crippen LogP contribution in [0.15, 0.2) is 158 Å². The topological polar surface area (TPSA) is 153 Å². The molecule has 10 aromatic rings. The molecule has 2 aromatic heterocycles. The van der Waals surface area contributed by atoms with Gasteiger partial charge < -0.3 is 9.13 Å². The van der Waals surface area contributed by atoms with E-state index >= 15 is 0 Å². The predicted molar refractivity (Wildman–Crippen MR) is 240 cm³/mol. The van der Waals surface area contributed by atoms with Gasteiger partial charge in [-0.25, -0.2) is 0 Å². The van der Waals surface area contributed by atoms with Crippen LogP contribution in [-0.2, 0) is 0 Å². The zero-order valence-electron chi connectivity index (χ0n) is 32.6. The summed E-state index contributed by atoms with van der Waals surface area (Å²) in [6.07, 6.45) is 0. The lowest BCUT2D eigenvalue weighted by atomic mass is 9.95. The first-order valence-electron chi connectivity index (χ1n) is 19.5. The van der Waals surface area contributed by atoms with Crippen molar-refractivity contribution in [3.05, 3.63) is 191 Å². The number of nitrogens with zero attached hydrogens (tertiary/aromatic N) is 8. The fourth-order valence-corrected chi connectivity index (χ4v) is 8.69. The number of hydrogen-bond acceptors (Lipinski definition) is 6. The normalized spacial score (nSPS) is 10.8. The van der Waals surface area contributed by atoms with Crippen LogP contribution < -0.4 is 0 Å². The van der Waals surface area contributed by atoms with Crippen molar-refractivity contribution in [2.45, 2.75) is 0 Å². The smallest absolute Gasteiger partial charge is 0.0998 e. The van der Waals surface area contributed by atoms with Crippen LogP contribution in [0.4, 0.5) is 0 Å². The van der Waals surface area contributed by atoms with Gasteiger partial charge in [-0.2, -0.15) is 31.6 Å². The summed E-state index contributed by atoms with van der Waals surface area (Å²) in [6.45, 7) is 0. The van der Waals surface area contributed by atoms with Crippen molar-refractivity contribution in [2.75, 3.05) is 0 Å². The third-order valence-corrected chi connectivity index (χ3v) is 11.5. The molecule has 10 rings (SSSR count). The summed E-state index contributed by atoms with van der Waals surface area (Å²) in [5, 5.41) is 64.1. The molecule has 0 amide bonds. The zero-order valence-corrected chi connectivity index (χ0v) is 32.6. The van der Waals surface area contributed by atoms with Gasteiger partial charge in [-0.15, -0.1) is 0 Å². The molecule has 8 nitrogen and oxygen atoms in total. The van der Waals surface area contributed by atoms with Gasteiger partial charge in [0.1, 0.15) is 0 Å². The van der Waals surface area contributed by atoms with Gasteiger partial charge in [0.25, 0.3) is 0 Å². The quantitative estimate of drug-likeness (QED) is 0.169. The highest BCUT2D eigenvalue weighted by molar-refractivity contribution is 6.11. The van der Waals surface area contributed by atoms with E-state index in [1.165, 1.54) is 0 Å². The summed E-state index contributed by atoms with van der Waals surface area (Å²) < 4.78 is 4.28. The Morgan fingerprint density at radius 2 is 0.661 bits per heavy atom. The second kappa shape index (κ2) is 14.6. The zero-order chi connectivity index (χ0) is 42.5. The maximum Gasteiger partial charge on any atom is 0.0998 e. The molecule has 8 aromatic carbocycles. The first kappa shape index (κ1) is 36.6. The number of benzene rings is 8. The standard InChI is InChI=1S/C54H26N8/c55-27-33-17-34(28-56)20-41(19-33)37-11-15-47-45-5-1-3-7-51(45)61(53(47)23-37)43-13-9-39(31-59)49(25-43)50-26-44(14-10-40(50)32-60)62-52-8-4-2-6-46(52)48-16-12-38(24-54(48)62)42-21-35(29-57)18-36(22-42)30-58/h1-26H. The Morgan fingerprint density at radius 3 is 1.03 bits per heavy atom. The van der Waals surface area contributed by atoms with Crippen molar-refractivity contribution < 1.29 is 0 Å². The maximum atomic E-state index is 10.6. The van der Waals surface area contributed by atoms with Gasteiger partial charge in [0.2, 0.25) is 0 Å². The summed E-state index contributed by atoms with van der Waals surface area (Å²) in [4.78, 5) is 0. The van der Waals surface area contributed by atoms with Gasteiger partial charge >= 0.3 is 0 Å². The van der Waals surface area contributed by atoms with E-state index in [-0.39, 0.29) is 0 Å². The molecule has 0 radical (unpaired) electrons. The molecule has 0 fully saturated rings. The first-order chi connectivity index (χ1) is 30.4. The molecular formula is C54H26N8. The molecule has 282 valence electrons. The molecule has 0 saturated heterocycles. The van der Waals surface area contributed by atoms with Crippen molar-refractivity contribution in [2.24, 2.45) is 0 Å². The van der Waals surface area contributed by atoms with Crippen LogP contribution in [0.5, 0.6) is 0 Å². The van der Waals surface area contributed by atoms with E-state index < -0.39 is 0 Å². The van der Waals surface area contributed by atoms with Crippen LogP contribution in [0.1, 0.15) is 33.4 Å². The van der Waals surface area contributed by atoms with Gasteiger partial charge in [-0.05, 0) is 119 Å². The van der Waals surface area contributed by atoms with Gasteiger partial charge in [0.15, 0.2) is 0 Å². The van der Waals surface area contributed by atoms with Gasteiger partial charge in [-0.1, -0.05) is 60.7 Å². The van der Waals surface area contributed by atoms with E-state index in [4.69, 9.17) is 0 Å². The molecule has 0 aliphatic rings. The fraction of sp³-hybridized carbons (Fsp3) is 0. The first-order valence-corrected chi connectivity index (χ1v) is 19.5. The average molecular weight is 787 g/mol. The van der Waals surface area contributed by atoms with Crippen molar-refractivity contribution >= 4 is 43.6 Å². The number of fused-ring (bicyclic) bond motifs is 6. The number of aromatic nitrogens is 2. The van der Waals surface area contributed by atoms with Gasteiger partial charge in [0, 0.05) is 44.0 Å². The van der Waals surface area contributed by atoms with Crippen LogP contribution >= 0.6 is 0 Å². The molecule has 2 heterocycles. The summed E-state index contributed by atoms with van der Waals surface area (Å²) >= 11 is 0. The van der Waals surface area contributed by atoms with E-state index in [0.29, 0.717) is 44.5 Å². The monoisotopic (exact) mass is 786 g/mol. The molecule has 0 saturated carbocycles. The van der Waals surface area contributed by atoms with Crippen molar-refractivity contribution in [3.8, 4) is 81.2 Å². The molecule has 0 atom stereocenters. The van der Waals surface area contributed by atoms with E-state index in [1.807, 2.05) is 72.8 Å². The highest BCUT2D eigenvalue weighted by Crippen LogP contribution is 2.40. The highest BCUT2D eigenvalue weighted by atomic mass is 15.0. The molecular weight excluding hydrogens is 761 g/mol. The molecule has 0 bridgehead atoms. The summed E-state index contributed by atoms with van der Waals surface area (Å²) in [7, 11) is 0. The number of rotatable bonds is 5. The maximum absolute atomic E-state index is 10.6. The molecule has 0 aliphatic heterocycles. The largest absolute Gasteiger partial charge is 0.309 e. The molecule has 8 heteroatoms. The Labute approximate surface area is 355 Å². The summed E-state index contributed by atoms with van der Waals surface area (Å²) in [5.41, 5.74) is 11.9. The number of hydrogen-bond donors (Lipinski definition) is 0. The summed E-state index contributed by atoms with van der Waals surface area (Å²) in [6, 6.07) is 63.4. The molecule has 0 N–H and O–H groups in total. The van der Waals surface area contributed by atoms with Crippen molar-refractivity contribution in [1.82, 2.24) is 9.13 Å². The minimum atomic E-state index is 0.396. The van der Waals surface area contributed by atoms with Crippen LogP contribution in [-0.4, -0.2) is 9.13 Å². The lowest BCUT2D eigenvalue weighted by Crippen LogP contribution is -1.99. The Bertz CT molecular complexity index is 3520. The molecule has 0 spiro atoms. The highest BCUT2D eigenvalue weighted by Gasteiger charge is 2.20. The summed E-state index contributed by atoms with van der Waals surface area (Å²) in [5.74, 6) is 0. The molecule has 0 aliphatic carbocycles. The van der Waals surface area contributed by atoms with Crippen LogP contribution in [0.3, 0.4) is 0 Å². The minimum Gasteiger partial charge on any atom is -0.309 e. The van der Waals surface area contributed by atoms with Crippen LogP contribution in [0.2, 0.25) is 0 Å². The predicted octanol–water partition coefficient (Wildman–Crippen LogP) is 12.1. The average Bonchev–Trinajstić information content (AvgIpc) is 3.85.